The van der Waals surface area contributed by atoms with Crippen molar-refractivity contribution in [3.8, 4) is 0 Å². The molecule has 4 atom stereocenters. The molecule has 1 aromatic carbocycles. The summed E-state index contributed by atoms with van der Waals surface area (Å²) in [5.41, 5.74) is 7.29. The van der Waals surface area contributed by atoms with Crippen LogP contribution in [0.3, 0.4) is 0 Å². The monoisotopic (exact) mass is 373 g/mol. The lowest BCUT2D eigenvalue weighted by molar-refractivity contribution is -0.141. The minimum absolute atomic E-state index is 0.126. The average molecular weight is 373 g/mol. The molecule has 0 radical (unpaired) electrons. The molecule has 0 saturated carbocycles. The van der Waals surface area contributed by atoms with E-state index in [0.29, 0.717) is 24.6 Å². The molecule has 3 amide bonds. The van der Waals surface area contributed by atoms with Gasteiger partial charge < -0.3 is 15.5 Å². The summed E-state index contributed by atoms with van der Waals surface area (Å²) in [5, 5.41) is 0. The van der Waals surface area contributed by atoms with Gasteiger partial charge in [-0.1, -0.05) is 12.1 Å². The molecule has 2 N–H and O–H groups in total. The van der Waals surface area contributed by atoms with Crippen LogP contribution in [0, 0.1) is 18.7 Å². The van der Waals surface area contributed by atoms with Crippen molar-refractivity contribution in [2.24, 2.45) is 11.7 Å². The van der Waals surface area contributed by atoms with E-state index in [1.54, 1.807) is 17.9 Å². The van der Waals surface area contributed by atoms with E-state index in [4.69, 9.17) is 5.73 Å². The number of fused-ring (bicyclic) bond motifs is 2. The number of carbonyl (C=O) groups excluding carboxylic acids is 2. The highest BCUT2D eigenvalue weighted by Gasteiger charge is 2.45. The number of nitrogens with zero attached hydrogens (tertiary/aromatic N) is 2. The lowest BCUT2D eigenvalue weighted by Gasteiger charge is -2.42. The maximum Gasteiger partial charge on any atom is 0.314 e. The number of benzene rings is 1. The maximum atomic E-state index is 13.6. The Balaban J connectivity index is 1.46. The number of nitrogens with two attached hydrogens (primary N) is 1. The molecule has 4 rings (SSSR count). The largest absolute Gasteiger partial charge is 0.351 e. The van der Waals surface area contributed by atoms with Crippen LogP contribution in [0.1, 0.15) is 55.6 Å². The van der Waals surface area contributed by atoms with Gasteiger partial charge in [0.25, 0.3) is 0 Å². The number of piperidine rings is 2. The van der Waals surface area contributed by atoms with Gasteiger partial charge in [0.05, 0.1) is 5.92 Å². The zero-order chi connectivity index (χ0) is 19.1. The van der Waals surface area contributed by atoms with Crippen molar-refractivity contribution in [1.82, 2.24) is 9.80 Å². The van der Waals surface area contributed by atoms with E-state index in [-0.39, 0.29) is 29.7 Å². The van der Waals surface area contributed by atoms with Gasteiger partial charge in [-0.25, -0.2) is 9.18 Å². The van der Waals surface area contributed by atoms with Crippen molar-refractivity contribution < 1.29 is 14.0 Å². The van der Waals surface area contributed by atoms with E-state index in [1.165, 1.54) is 5.56 Å². The number of amides is 3. The topological polar surface area (TPSA) is 66.6 Å². The lowest BCUT2D eigenvalue weighted by atomic mass is 9.83. The molecule has 1 unspecified atom stereocenters. The first-order valence-corrected chi connectivity index (χ1v) is 10.1. The van der Waals surface area contributed by atoms with Crippen LogP contribution in [-0.2, 0) is 4.79 Å². The van der Waals surface area contributed by atoms with Crippen LogP contribution in [0.5, 0.6) is 0 Å². The average Bonchev–Trinajstić information content (AvgIpc) is 2.92. The Kier molecular flexibility index (Phi) is 4.82. The van der Waals surface area contributed by atoms with Gasteiger partial charge >= 0.3 is 6.03 Å². The van der Waals surface area contributed by atoms with Gasteiger partial charge in [0, 0.05) is 25.2 Å². The predicted octanol–water partition coefficient (Wildman–Crippen LogP) is 3.16. The highest BCUT2D eigenvalue weighted by atomic mass is 19.1. The van der Waals surface area contributed by atoms with E-state index >= 15 is 0 Å². The first-order chi connectivity index (χ1) is 12.9. The highest BCUT2D eigenvalue weighted by Crippen LogP contribution is 2.44. The first-order valence-electron chi connectivity index (χ1n) is 10.1. The Morgan fingerprint density at radius 3 is 2.48 bits per heavy atom. The SMILES string of the molecule is Cc1cc(C2C[C@H]3CC[C@@H](C2)N3C(=O)[C@@H]2CCCN(C(N)=O)C2)ccc1F. The van der Waals surface area contributed by atoms with Crippen molar-refractivity contribution in [3.63, 3.8) is 0 Å². The Morgan fingerprint density at radius 1 is 1.15 bits per heavy atom. The summed E-state index contributed by atoms with van der Waals surface area (Å²) in [4.78, 5) is 28.4. The normalized spacial score (nSPS) is 30.4. The molecule has 3 aliphatic heterocycles. The second-order valence-electron chi connectivity index (χ2n) is 8.43. The maximum absolute atomic E-state index is 13.6. The third-order valence-corrected chi connectivity index (χ3v) is 6.72. The fraction of sp³-hybridized carbons (Fsp3) is 0.619. The second-order valence-corrected chi connectivity index (χ2v) is 8.43. The van der Waals surface area contributed by atoms with Crippen LogP contribution in [0.25, 0.3) is 0 Å². The molecule has 0 aromatic heterocycles. The molecule has 3 aliphatic rings. The van der Waals surface area contributed by atoms with Crippen molar-refractivity contribution in [1.29, 1.82) is 0 Å². The van der Waals surface area contributed by atoms with Crippen LogP contribution in [0.4, 0.5) is 9.18 Å². The third-order valence-electron chi connectivity index (χ3n) is 6.72. The summed E-state index contributed by atoms with van der Waals surface area (Å²) in [5.74, 6) is 0.297. The van der Waals surface area contributed by atoms with E-state index in [1.807, 2.05) is 12.1 Å². The predicted molar refractivity (Wildman–Crippen MR) is 101 cm³/mol. The van der Waals surface area contributed by atoms with Crippen LogP contribution in [0.2, 0.25) is 0 Å². The standard InChI is InChI=1S/C21H28FN3O2/c1-13-9-14(4-7-19(13)22)16-10-17-5-6-18(11-16)25(17)20(26)15-3-2-8-24(12-15)21(23)27/h4,7,9,15-18H,2-3,5-6,8,10-12H2,1H3,(H2,23,27)/t15-,16?,17-,18+/m1/s1. The van der Waals surface area contributed by atoms with Crippen LogP contribution in [-0.4, -0.2) is 46.9 Å². The minimum atomic E-state index is -0.430. The van der Waals surface area contributed by atoms with Gasteiger partial charge in [-0.3, -0.25) is 4.79 Å². The molecule has 2 bridgehead atoms. The molecule has 3 saturated heterocycles. The molecule has 146 valence electrons. The molecule has 0 spiro atoms. The van der Waals surface area contributed by atoms with Gasteiger partial charge in [0.1, 0.15) is 5.82 Å². The number of likely N-dealkylation sites (tertiary alicyclic amines) is 1. The fourth-order valence-electron chi connectivity index (χ4n) is 5.32. The van der Waals surface area contributed by atoms with Gasteiger partial charge in [0.15, 0.2) is 0 Å². The first kappa shape index (κ1) is 18.3. The van der Waals surface area contributed by atoms with Crippen molar-refractivity contribution in [2.75, 3.05) is 13.1 Å². The lowest BCUT2D eigenvalue weighted by Crippen LogP contribution is -2.53. The molecule has 0 aliphatic carbocycles. The fourth-order valence-corrected chi connectivity index (χ4v) is 5.32. The summed E-state index contributed by atoms with van der Waals surface area (Å²) in [6.45, 7) is 2.91. The van der Waals surface area contributed by atoms with E-state index in [0.717, 1.165) is 38.5 Å². The number of hydrogen-bond acceptors (Lipinski definition) is 2. The molecule has 27 heavy (non-hydrogen) atoms. The molecular formula is C21H28FN3O2. The summed E-state index contributed by atoms with van der Waals surface area (Å²) < 4.78 is 13.6. The number of hydrogen-bond donors (Lipinski definition) is 1. The summed E-state index contributed by atoms with van der Waals surface area (Å²) in [7, 11) is 0. The van der Waals surface area contributed by atoms with Crippen molar-refractivity contribution in [3.05, 3.63) is 35.1 Å². The molecule has 6 heteroatoms. The molecule has 1 aromatic rings. The molecule has 3 fully saturated rings. The Bertz CT molecular complexity index is 739. The molecule has 5 nitrogen and oxygen atoms in total. The smallest absolute Gasteiger partial charge is 0.314 e. The number of carbonyl (C=O) groups is 2. The zero-order valence-electron chi connectivity index (χ0n) is 15.9. The van der Waals surface area contributed by atoms with Gasteiger partial charge in [0.2, 0.25) is 5.91 Å². The van der Waals surface area contributed by atoms with Crippen LogP contribution in [0.15, 0.2) is 18.2 Å². The van der Waals surface area contributed by atoms with Crippen molar-refractivity contribution in [2.45, 2.75) is 63.5 Å². The van der Waals surface area contributed by atoms with Gasteiger partial charge in [-0.15, -0.1) is 0 Å². The van der Waals surface area contributed by atoms with Crippen LogP contribution >= 0.6 is 0 Å². The number of aryl methyl sites for hydroxylation is 1. The Labute approximate surface area is 159 Å². The summed E-state index contributed by atoms with van der Waals surface area (Å²) >= 11 is 0. The van der Waals surface area contributed by atoms with Crippen molar-refractivity contribution >= 4 is 11.9 Å². The third kappa shape index (κ3) is 3.42. The number of halogens is 1. The Hall–Kier alpha value is -2.11. The van der Waals surface area contributed by atoms with Gasteiger partial charge in [-0.05, 0) is 68.6 Å². The van der Waals surface area contributed by atoms with E-state index in [9.17, 15) is 14.0 Å². The number of rotatable bonds is 2. The van der Waals surface area contributed by atoms with Gasteiger partial charge in [-0.2, -0.15) is 0 Å². The second kappa shape index (κ2) is 7.13. The van der Waals surface area contributed by atoms with E-state index < -0.39 is 6.03 Å². The minimum Gasteiger partial charge on any atom is -0.351 e. The van der Waals surface area contributed by atoms with E-state index in [2.05, 4.69) is 4.90 Å². The zero-order valence-corrected chi connectivity index (χ0v) is 15.9. The molecular weight excluding hydrogens is 345 g/mol. The number of primary amides is 1. The summed E-state index contributed by atoms with van der Waals surface area (Å²) in [6.07, 6.45) is 5.64. The quantitative estimate of drug-likeness (QED) is 0.865. The molecule has 3 heterocycles. The van der Waals surface area contributed by atoms with Crippen LogP contribution < -0.4 is 5.73 Å². The highest BCUT2D eigenvalue weighted by molar-refractivity contribution is 5.81. The summed E-state index contributed by atoms with van der Waals surface area (Å²) in [6, 6.07) is 5.51. The number of urea groups is 1. The Morgan fingerprint density at radius 2 is 1.85 bits per heavy atom.